The molecule has 0 bridgehead atoms. The molecule has 0 unspecified atom stereocenters. The fraction of sp³-hybridized carbons (Fsp3) is 0.409. The first-order valence-electron chi connectivity index (χ1n) is 9.59. The summed E-state index contributed by atoms with van der Waals surface area (Å²) in [5, 5.41) is 0. The molecular formula is C22H25NO3. The van der Waals surface area contributed by atoms with Crippen LogP contribution in [-0.4, -0.2) is 23.6 Å². The number of ether oxygens (including phenoxy) is 2. The Labute approximate surface area is 154 Å². The van der Waals surface area contributed by atoms with E-state index in [0.29, 0.717) is 6.04 Å². The first-order valence-corrected chi connectivity index (χ1v) is 9.59. The molecule has 1 aromatic carbocycles. The number of hydrogen-bond acceptors (Lipinski definition) is 3. The van der Waals surface area contributed by atoms with Crippen LogP contribution in [0.3, 0.4) is 0 Å². The third-order valence-electron chi connectivity index (χ3n) is 5.25. The molecule has 2 aliphatic carbocycles. The van der Waals surface area contributed by atoms with Crippen molar-refractivity contribution in [1.29, 1.82) is 0 Å². The molecule has 0 aromatic heterocycles. The maximum absolute atomic E-state index is 13.1. The number of allylic oxidation sites excluding steroid dienone is 3. The van der Waals surface area contributed by atoms with Gasteiger partial charge >= 0.3 is 0 Å². The zero-order chi connectivity index (χ0) is 17.8. The molecule has 136 valence electrons. The summed E-state index contributed by atoms with van der Waals surface area (Å²) in [5.74, 6) is 1.56. The Morgan fingerprint density at radius 3 is 2.73 bits per heavy atom. The standard InChI is InChI=1S/C22H25NO3/c24-22(14-12-17-11-13-20-21(15-17)26-16-25-20)23(18-7-3-1-4-8-18)19-9-5-2-6-10-19/h3,7-8,11-15,19H,1-2,4-6,9-10,16H2. The van der Waals surface area contributed by atoms with Gasteiger partial charge in [-0.3, -0.25) is 4.79 Å². The van der Waals surface area contributed by atoms with Gasteiger partial charge in [0.25, 0.3) is 5.91 Å². The second-order valence-corrected chi connectivity index (χ2v) is 7.05. The average Bonchev–Trinajstić information content (AvgIpc) is 3.16. The van der Waals surface area contributed by atoms with Crippen molar-refractivity contribution in [2.75, 3.05) is 6.79 Å². The number of nitrogens with zero attached hydrogens (tertiary/aromatic N) is 1. The Kier molecular flexibility index (Phi) is 5.09. The van der Waals surface area contributed by atoms with Gasteiger partial charge in [0.1, 0.15) is 0 Å². The maximum atomic E-state index is 13.1. The summed E-state index contributed by atoms with van der Waals surface area (Å²) in [6.07, 6.45) is 18.0. The van der Waals surface area contributed by atoms with Crippen LogP contribution in [0.5, 0.6) is 11.5 Å². The predicted molar refractivity (Wildman–Crippen MR) is 102 cm³/mol. The van der Waals surface area contributed by atoms with Gasteiger partial charge in [-0.15, -0.1) is 0 Å². The van der Waals surface area contributed by atoms with Crippen molar-refractivity contribution < 1.29 is 14.3 Å². The second kappa shape index (κ2) is 7.81. The van der Waals surface area contributed by atoms with Crippen LogP contribution in [0.15, 0.2) is 48.2 Å². The lowest BCUT2D eigenvalue weighted by molar-refractivity contribution is -0.126. The molecule has 0 spiro atoms. The molecule has 1 saturated carbocycles. The van der Waals surface area contributed by atoms with E-state index in [1.165, 1.54) is 19.3 Å². The van der Waals surface area contributed by atoms with E-state index >= 15 is 0 Å². The molecule has 0 radical (unpaired) electrons. The smallest absolute Gasteiger partial charge is 0.251 e. The lowest BCUT2D eigenvalue weighted by Crippen LogP contribution is -2.39. The van der Waals surface area contributed by atoms with Crippen LogP contribution in [0.1, 0.15) is 50.5 Å². The summed E-state index contributed by atoms with van der Waals surface area (Å²) in [7, 11) is 0. The van der Waals surface area contributed by atoms with E-state index < -0.39 is 0 Å². The van der Waals surface area contributed by atoms with Gasteiger partial charge in [-0.1, -0.05) is 37.5 Å². The van der Waals surface area contributed by atoms with E-state index in [4.69, 9.17) is 9.47 Å². The lowest BCUT2D eigenvalue weighted by Gasteiger charge is -2.35. The van der Waals surface area contributed by atoms with E-state index in [1.807, 2.05) is 29.2 Å². The van der Waals surface area contributed by atoms with Crippen molar-refractivity contribution >= 4 is 12.0 Å². The van der Waals surface area contributed by atoms with Gasteiger partial charge in [-0.2, -0.15) is 0 Å². The molecule has 4 nitrogen and oxygen atoms in total. The SMILES string of the molecule is O=C(C=Cc1ccc2c(c1)OCO2)N(C1=CCCC=C1)C1CCCCC1. The molecule has 1 aromatic rings. The van der Waals surface area contributed by atoms with Gasteiger partial charge < -0.3 is 14.4 Å². The van der Waals surface area contributed by atoms with Crippen molar-refractivity contribution in [1.82, 2.24) is 4.90 Å². The summed E-state index contributed by atoms with van der Waals surface area (Å²) < 4.78 is 10.8. The molecular weight excluding hydrogens is 326 g/mol. The largest absolute Gasteiger partial charge is 0.454 e. The third kappa shape index (κ3) is 3.69. The Bertz CT molecular complexity index is 757. The van der Waals surface area contributed by atoms with Crippen LogP contribution >= 0.6 is 0 Å². The van der Waals surface area contributed by atoms with Crippen molar-refractivity contribution in [3.05, 3.63) is 53.8 Å². The van der Waals surface area contributed by atoms with Crippen molar-refractivity contribution in [3.63, 3.8) is 0 Å². The van der Waals surface area contributed by atoms with Gasteiger partial charge in [0.05, 0.1) is 0 Å². The highest BCUT2D eigenvalue weighted by molar-refractivity contribution is 5.93. The third-order valence-corrected chi connectivity index (χ3v) is 5.25. The van der Waals surface area contributed by atoms with Crippen LogP contribution in [0.25, 0.3) is 6.08 Å². The Morgan fingerprint density at radius 2 is 1.92 bits per heavy atom. The fourth-order valence-electron chi connectivity index (χ4n) is 3.90. The van der Waals surface area contributed by atoms with E-state index in [1.54, 1.807) is 6.08 Å². The number of carbonyl (C=O) groups excluding carboxylic acids is 1. The van der Waals surface area contributed by atoms with Crippen molar-refractivity contribution in [3.8, 4) is 11.5 Å². The van der Waals surface area contributed by atoms with E-state index in [9.17, 15) is 4.79 Å². The normalized spacial score (nSPS) is 19.6. The van der Waals surface area contributed by atoms with E-state index in [0.717, 1.165) is 48.4 Å². The minimum atomic E-state index is 0.0624. The minimum Gasteiger partial charge on any atom is -0.454 e. The summed E-state index contributed by atoms with van der Waals surface area (Å²) in [6.45, 7) is 0.261. The number of benzene rings is 1. The molecule has 4 rings (SSSR count). The van der Waals surface area contributed by atoms with Crippen LogP contribution in [0.2, 0.25) is 0 Å². The highest BCUT2D eigenvalue weighted by Crippen LogP contribution is 2.33. The molecule has 1 fully saturated rings. The molecule has 1 aliphatic heterocycles. The van der Waals surface area contributed by atoms with E-state index in [-0.39, 0.29) is 12.7 Å². The topological polar surface area (TPSA) is 38.8 Å². The monoisotopic (exact) mass is 351 g/mol. The second-order valence-electron chi connectivity index (χ2n) is 7.05. The molecule has 0 saturated heterocycles. The highest BCUT2D eigenvalue weighted by Gasteiger charge is 2.26. The zero-order valence-corrected chi connectivity index (χ0v) is 15.0. The molecule has 26 heavy (non-hydrogen) atoms. The van der Waals surface area contributed by atoms with Crippen LogP contribution in [0, 0.1) is 0 Å². The van der Waals surface area contributed by atoms with Crippen LogP contribution in [-0.2, 0) is 4.79 Å². The van der Waals surface area contributed by atoms with Crippen molar-refractivity contribution in [2.24, 2.45) is 0 Å². The van der Waals surface area contributed by atoms with Crippen LogP contribution in [0.4, 0.5) is 0 Å². The number of rotatable bonds is 4. The molecule has 3 aliphatic rings. The Balaban J connectivity index is 1.53. The number of fused-ring (bicyclic) bond motifs is 1. The lowest BCUT2D eigenvalue weighted by atomic mass is 9.93. The highest BCUT2D eigenvalue weighted by atomic mass is 16.7. The van der Waals surface area contributed by atoms with E-state index in [2.05, 4.69) is 18.2 Å². The molecule has 0 atom stereocenters. The Morgan fingerprint density at radius 1 is 1.08 bits per heavy atom. The van der Waals surface area contributed by atoms with Gasteiger partial charge in [0.15, 0.2) is 11.5 Å². The van der Waals surface area contributed by atoms with Gasteiger partial charge in [-0.05, 0) is 55.5 Å². The van der Waals surface area contributed by atoms with Gasteiger partial charge in [0.2, 0.25) is 6.79 Å². The Hall–Kier alpha value is -2.49. The summed E-state index contributed by atoms with van der Waals surface area (Å²) in [4.78, 5) is 15.1. The summed E-state index contributed by atoms with van der Waals surface area (Å²) >= 11 is 0. The molecule has 1 amide bonds. The number of amides is 1. The molecule has 4 heteroatoms. The molecule has 1 heterocycles. The number of hydrogen-bond donors (Lipinski definition) is 0. The predicted octanol–water partition coefficient (Wildman–Crippen LogP) is 4.82. The van der Waals surface area contributed by atoms with Gasteiger partial charge in [0, 0.05) is 17.8 Å². The first-order chi connectivity index (χ1) is 12.8. The zero-order valence-electron chi connectivity index (χ0n) is 15.0. The molecule has 0 N–H and O–H groups in total. The summed E-state index contributed by atoms with van der Waals surface area (Å²) in [5.41, 5.74) is 2.00. The van der Waals surface area contributed by atoms with Crippen LogP contribution < -0.4 is 9.47 Å². The first kappa shape index (κ1) is 17.0. The van der Waals surface area contributed by atoms with Crippen molar-refractivity contribution in [2.45, 2.75) is 51.0 Å². The maximum Gasteiger partial charge on any atom is 0.251 e. The van der Waals surface area contributed by atoms with Gasteiger partial charge in [-0.25, -0.2) is 0 Å². The summed E-state index contributed by atoms with van der Waals surface area (Å²) in [6, 6.07) is 6.06. The minimum absolute atomic E-state index is 0.0624. The number of carbonyl (C=O) groups is 1. The average molecular weight is 351 g/mol. The quantitative estimate of drug-likeness (QED) is 0.730. The fourth-order valence-corrected chi connectivity index (χ4v) is 3.90.